The van der Waals surface area contributed by atoms with Crippen LogP contribution in [0.1, 0.15) is 54.7 Å². The van der Waals surface area contributed by atoms with Crippen LogP contribution in [0, 0.1) is 5.92 Å². The van der Waals surface area contributed by atoms with E-state index in [-0.39, 0.29) is 35.8 Å². The second-order valence-electron chi connectivity index (χ2n) is 13.5. The SMILES string of the molecule is CNC(=O)[C@H](Cc1ccccc1)N(C)C(=O)[C@H]1CCCN1C(=O)[C@@H](CC(C)C)NC(=O)c1ccccc1OCc1cn(CCOc2ccccc2)nn1. The molecule has 13 nitrogen and oxygen atoms in total. The molecule has 280 valence electrons. The van der Waals surface area contributed by atoms with Crippen LogP contribution in [-0.2, 0) is 34.0 Å². The van der Waals surface area contributed by atoms with Gasteiger partial charge in [0.1, 0.15) is 48.5 Å². The number of hydrogen-bond donors (Lipinski definition) is 2. The van der Waals surface area contributed by atoms with Gasteiger partial charge in [-0.05, 0) is 55.0 Å². The summed E-state index contributed by atoms with van der Waals surface area (Å²) >= 11 is 0. The van der Waals surface area contributed by atoms with Gasteiger partial charge in [-0.15, -0.1) is 5.10 Å². The number of amides is 4. The van der Waals surface area contributed by atoms with Crippen LogP contribution >= 0.6 is 0 Å². The van der Waals surface area contributed by atoms with E-state index in [1.54, 1.807) is 54.1 Å². The molecule has 0 radical (unpaired) electrons. The molecule has 13 heteroatoms. The van der Waals surface area contributed by atoms with E-state index < -0.39 is 24.0 Å². The smallest absolute Gasteiger partial charge is 0.255 e. The van der Waals surface area contributed by atoms with Gasteiger partial charge in [-0.1, -0.05) is 79.7 Å². The third-order valence-electron chi connectivity index (χ3n) is 9.19. The molecule has 0 spiro atoms. The summed E-state index contributed by atoms with van der Waals surface area (Å²) < 4.78 is 13.4. The highest BCUT2D eigenvalue weighted by molar-refractivity contribution is 6.00. The van der Waals surface area contributed by atoms with Crippen LogP contribution in [0.25, 0.3) is 0 Å². The zero-order chi connectivity index (χ0) is 37.7. The number of aromatic nitrogens is 3. The first-order valence-corrected chi connectivity index (χ1v) is 18.1. The second-order valence-corrected chi connectivity index (χ2v) is 13.5. The van der Waals surface area contributed by atoms with Crippen molar-refractivity contribution in [3.63, 3.8) is 0 Å². The molecule has 4 amide bonds. The van der Waals surface area contributed by atoms with Gasteiger partial charge in [-0.2, -0.15) is 0 Å². The lowest BCUT2D eigenvalue weighted by molar-refractivity contribution is -0.147. The molecule has 3 aromatic carbocycles. The highest BCUT2D eigenvalue weighted by Gasteiger charge is 2.41. The minimum Gasteiger partial charge on any atom is -0.492 e. The van der Waals surface area contributed by atoms with E-state index >= 15 is 0 Å². The van der Waals surface area contributed by atoms with Crippen LogP contribution in [0.2, 0.25) is 0 Å². The van der Waals surface area contributed by atoms with Crippen molar-refractivity contribution in [3.8, 4) is 11.5 Å². The molecule has 0 unspecified atom stereocenters. The normalized spacial score (nSPS) is 15.0. The Morgan fingerprint density at radius 3 is 2.36 bits per heavy atom. The highest BCUT2D eigenvalue weighted by Crippen LogP contribution is 2.25. The molecule has 1 saturated heterocycles. The summed E-state index contributed by atoms with van der Waals surface area (Å²) in [5, 5.41) is 14.0. The highest BCUT2D eigenvalue weighted by atomic mass is 16.5. The number of likely N-dealkylation sites (N-methyl/N-ethyl adjacent to an activating group) is 2. The first-order valence-electron chi connectivity index (χ1n) is 18.1. The molecule has 2 heterocycles. The standard InChI is InChI=1S/C40H49N7O6/c1-28(2)24-33(39(50)47-21-13-19-34(47)40(51)45(4)35(38(49)41-3)25-29-14-7-5-8-15-29)42-37(48)32-18-11-12-20-36(32)53-27-30-26-46(44-43-30)22-23-52-31-16-9-6-10-17-31/h5-12,14-18,20,26,28,33-35H,13,19,21-25,27H2,1-4H3,(H,41,49)(H,42,48)/t33-,34-,35+/m1/s1. The van der Waals surface area contributed by atoms with Gasteiger partial charge in [0.15, 0.2) is 0 Å². The number of benzene rings is 3. The minimum absolute atomic E-state index is 0.0689. The van der Waals surface area contributed by atoms with Gasteiger partial charge in [0.25, 0.3) is 5.91 Å². The maximum Gasteiger partial charge on any atom is 0.255 e. The van der Waals surface area contributed by atoms with Gasteiger partial charge in [0.05, 0.1) is 18.3 Å². The molecule has 0 saturated carbocycles. The van der Waals surface area contributed by atoms with Crippen molar-refractivity contribution in [1.29, 1.82) is 0 Å². The Morgan fingerprint density at radius 2 is 1.64 bits per heavy atom. The Morgan fingerprint density at radius 1 is 0.943 bits per heavy atom. The number of likely N-dealkylation sites (tertiary alicyclic amines) is 1. The molecule has 1 aliphatic rings. The summed E-state index contributed by atoms with van der Waals surface area (Å²) in [6, 6.07) is 23.5. The molecule has 1 aromatic heterocycles. The summed E-state index contributed by atoms with van der Waals surface area (Å²) in [6.07, 6.45) is 3.55. The number of nitrogens with one attached hydrogen (secondary N) is 2. The summed E-state index contributed by atoms with van der Waals surface area (Å²) in [7, 11) is 3.15. The van der Waals surface area contributed by atoms with E-state index in [1.807, 2.05) is 74.5 Å². The quantitative estimate of drug-likeness (QED) is 0.167. The fourth-order valence-electron chi connectivity index (χ4n) is 6.43. The molecule has 0 aliphatic carbocycles. The fourth-order valence-corrected chi connectivity index (χ4v) is 6.43. The number of carbonyl (C=O) groups excluding carboxylic acids is 4. The predicted molar refractivity (Wildman–Crippen MR) is 199 cm³/mol. The van der Waals surface area contributed by atoms with Crippen LogP contribution in [0.5, 0.6) is 11.5 Å². The molecule has 4 aromatic rings. The Hall–Kier alpha value is -5.72. The molecule has 5 rings (SSSR count). The molecule has 1 fully saturated rings. The van der Waals surface area contributed by atoms with E-state index in [0.29, 0.717) is 56.8 Å². The minimum atomic E-state index is -0.883. The van der Waals surface area contributed by atoms with Crippen molar-refractivity contribution >= 4 is 23.6 Å². The molecule has 3 atom stereocenters. The molecule has 53 heavy (non-hydrogen) atoms. The lowest BCUT2D eigenvalue weighted by Gasteiger charge is -2.34. The van der Waals surface area contributed by atoms with Crippen LogP contribution in [-0.4, -0.2) is 93.8 Å². The summed E-state index contributed by atoms with van der Waals surface area (Å²) in [5.41, 5.74) is 1.76. The number of rotatable bonds is 17. The maximum absolute atomic E-state index is 14.2. The first-order chi connectivity index (χ1) is 25.6. The number of hydrogen-bond acceptors (Lipinski definition) is 8. The Labute approximate surface area is 310 Å². The van der Waals surface area contributed by atoms with Gasteiger partial charge in [-0.3, -0.25) is 19.2 Å². The molecule has 1 aliphatic heterocycles. The Kier molecular flexibility index (Phi) is 13.6. The van der Waals surface area contributed by atoms with E-state index in [9.17, 15) is 19.2 Å². The van der Waals surface area contributed by atoms with Gasteiger partial charge in [-0.25, -0.2) is 4.68 Å². The third-order valence-corrected chi connectivity index (χ3v) is 9.19. The summed E-state index contributed by atoms with van der Waals surface area (Å²) in [5.74, 6) is -0.226. The largest absolute Gasteiger partial charge is 0.492 e. The zero-order valence-electron chi connectivity index (χ0n) is 30.8. The van der Waals surface area contributed by atoms with E-state index in [1.165, 1.54) is 4.90 Å². The number of ether oxygens (including phenoxy) is 2. The lowest BCUT2D eigenvalue weighted by atomic mass is 10.0. The third kappa shape index (κ3) is 10.4. The predicted octanol–water partition coefficient (Wildman–Crippen LogP) is 3.89. The van der Waals surface area contributed by atoms with Gasteiger partial charge in [0, 0.05) is 27.1 Å². The zero-order valence-corrected chi connectivity index (χ0v) is 30.8. The molecular formula is C40H49N7O6. The Bertz CT molecular complexity index is 1820. The topological polar surface area (TPSA) is 148 Å². The van der Waals surface area contributed by atoms with Crippen LogP contribution in [0.4, 0.5) is 0 Å². The molecular weight excluding hydrogens is 674 g/mol. The van der Waals surface area contributed by atoms with Crippen molar-refractivity contribution < 1.29 is 28.7 Å². The van der Waals surface area contributed by atoms with Crippen LogP contribution in [0.15, 0.2) is 91.1 Å². The molecule has 2 N–H and O–H groups in total. The summed E-state index contributed by atoms with van der Waals surface area (Å²) in [6.45, 7) is 5.31. The number of nitrogens with zero attached hydrogens (tertiary/aromatic N) is 5. The van der Waals surface area contributed by atoms with E-state index in [0.717, 1.165) is 11.3 Å². The monoisotopic (exact) mass is 723 g/mol. The summed E-state index contributed by atoms with van der Waals surface area (Å²) in [4.78, 5) is 57.9. The van der Waals surface area contributed by atoms with Crippen LogP contribution < -0.4 is 20.1 Å². The lowest BCUT2D eigenvalue weighted by Crippen LogP contribution is -2.57. The van der Waals surface area contributed by atoms with E-state index in [2.05, 4.69) is 20.9 Å². The van der Waals surface area contributed by atoms with Crippen LogP contribution in [0.3, 0.4) is 0 Å². The maximum atomic E-state index is 14.2. The van der Waals surface area contributed by atoms with Gasteiger partial charge < -0.3 is 29.9 Å². The second kappa shape index (κ2) is 18.7. The van der Waals surface area contributed by atoms with Crippen molar-refractivity contribution in [2.75, 3.05) is 27.2 Å². The average Bonchev–Trinajstić information content (AvgIpc) is 3.86. The first kappa shape index (κ1) is 38.5. The van der Waals surface area contributed by atoms with Crippen molar-refractivity contribution in [1.82, 2.24) is 35.4 Å². The number of para-hydroxylation sites is 2. The van der Waals surface area contributed by atoms with Crippen molar-refractivity contribution in [2.45, 2.75) is 70.8 Å². The van der Waals surface area contributed by atoms with Gasteiger partial charge >= 0.3 is 0 Å². The van der Waals surface area contributed by atoms with Gasteiger partial charge in [0.2, 0.25) is 17.7 Å². The van der Waals surface area contributed by atoms with E-state index in [4.69, 9.17) is 9.47 Å². The van der Waals surface area contributed by atoms with Crippen molar-refractivity contribution in [2.24, 2.45) is 5.92 Å². The Balaban J connectivity index is 1.23. The van der Waals surface area contributed by atoms with Crippen molar-refractivity contribution in [3.05, 3.63) is 108 Å². The number of carbonyl (C=O) groups is 4. The fraction of sp³-hybridized carbons (Fsp3) is 0.400. The average molecular weight is 724 g/mol. The molecule has 0 bridgehead atoms.